The van der Waals surface area contributed by atoms with E-state index in [9.17, 15) is 8.42 Å². The third kappa shape index (κ3) is 3.26. The minimum atomic E-state index is -3.91. The number of aromatic nitrogens is 3. The van der Waals surface area contributed by atoms with E-state index in [2.05, 4.69) is 4.98 Å². The number of benzene rings is 2. The molecular formula is C23H24N4O3S. The van der Waals surface area contributed by atoms with Gasteiger partial charge in [0.15, 0.2) is 5.65 Å². The smallest absolute Gasteiger partial charge is 0.212 e. The van der Waals surface area contributed by atoms with E-state index in [-0.39, 0.29) is 21.7 Å². The van der Waals surface area contributed by atoms with Crippen LogP contribution in [0.5, 0.6) is 0 Å². The molecule has 0 bridgehead atoms. The first-order valence-electron chi connectivity index (χ1n) is 10.3. The average molecular weight is 437 g/mol. The maximum Gasteiger partial charge on any atom is 0.212 e. The van der Waals surface area contributed by atoms with Crippen LogP contribution in [0.25, 0.3) is 22.2 Å². The SMILES string of the molecule is Cc1ccc(S(=O)(=O)c2c(N)n(CC3CCCO3)c3nc4ccccc4nc23)cc1C. The monoisotopic (exact) mass is 436 g/mol. The van der Waals surface area contributed by atoms with Gasteiger partial charge in [0.25, 0.3) is 0 Å². The van der Waals surface area contributed by atoms with Crippen LogP contribution in [0.4, 0.5) is 5.82 Å². The zero-order chi connectivity index (χ0) is 21.8. The Morgan fingerprint density at radius 2 is 1.84 bits per heavy atom. The number of rotatable bonds is 4. The number of nitrogen functional groups attached to an aromatic ring is 1. The number of aryl methyl sites for hydroxylation is 2. The van der Waals surface area contributed by atoms with Gasteiger partial charge in [0.2, 0.25) is 9.84 Å². The second-order valence-corrected chi connectivity index (χ2v) is 9.98. The topological polar surface area (TPSA) is 100 Å². The van der Waals surface area contributed by atoms with Crippen molar-refractivity contribution in [2.45, 2.75) is 49.1 Å². The van der Waals surface area contributed by atoms with Crippen molar-refractivity contribution in [2.24, 2.45) is 0 Å². The molecule has 5 rings (SSSR count). The third-order valence-corrected chi connectivity index (χ3v) is 7.83. The van der Waals surface area contributed by atoms with Crippen molar-refractivity contribution in [1.82, 2.24) is 14.5 Å². The van der Waals surface area contributed by atoms with Crippen LogP contribution in [0, 0.1) is 13.8 Å². The normalized spacial score (nSPS) is 17.0. The summed E-state index contributed by atoms with van der Waals surface area (Å²) in [5.41, 5.74) is 10.5. The molecule has 160 valence electrons. The Hall–Kier alpha value is -2.97. The molecule has 8 heteroatoms. The van der Waals surface area contributed by atoms with Crippen LogP contribution in [-0.2, 0) is 21.1 Å². The highest BCUT2D eigenvalue weighted by Crippen LogP contribution is 2.36. The predicted octanol–water partition coefficient (Wildman–Crippen LogP) is 3.80. The van der Waals surface area contributed by atoms with Gasteiger partial charge in [-0.15, -0.1) is 0 Å². The summed E-state index contributed by atoms with van der Waals surface area (Å²) in [6.45, 7) is 4.99. The van der Waals surface area contributed by atoms with E-state index < -0.39 is 9.84 Å². The van der Waals surface area contributed by atoms with E-state index >= 15 is 0 Å². The lowest BCUT2D eigenvalue weighted by molar-refractivity contribution is 0.0983. The number of sulfone groups is 1. The Kier molecular flexibility index (Phi) is 4.71. The number of nitrogens with two attached hydrogens (primary N) is 1. The lowest BCUT2D eigenvalue weighted by Gasteiger charge is -2.13. The molecule has 4 aromatic rings. The Morgan fingerprint density at radius 3 is 2.52 bits per heavy atom. The summed E-state index contributed by atoms with van der Waals surface area (Å²) in [6, 6.07) is 12.5. The first-order chi connectivity index (χ1) is 14.9. The number of anilines is 1. The molecule has 1 aliphatic heterocycles. The minimum absolute atomic E-state index is 0.0157. The lowest BCUT2D eigenvalue weighted by Crippen LogP contribution is -2.17. The second-order valence-electron chi connectivity index (χ2n) is 8.09. The van der Waals surface area contributed by atoms with Crippen molar-refractivity contribution in [1.29, 1.82) is 0 Å². The number of ether oxygens (including phenoxy) is 1. The van der Waals surface area contributed by atoms with Gasteiger partial charge in [0.1, 0.15) is 16.2 Å². The first kappa shape index (κ1) is 20.0. The van der Waals surface area contributed by atoms with Crippen molar-refractivity contribution in [2.75, 3.05) is 12.3 Å². The zero-order valence-corrected chi connectivity index (χ0v) is 18.3. The Balaban J connectivity index is 1.79. The van der Waals surface area contributed by atoms with Crippen molar-refractivity contribution >= 4 is 37.9 Å². The van der Waals surface area contributed by atoms with Gasteiger partial charge in [-0.1, -0.05) is 18.2 Å². The van der Waals surface area contributed by atoms with Crippen LogP contribution in [0.15, 0.2) is 52.3 Å². The maximum atomic E-state index is 13.7. The van der Waals surface area contributed by atoms with Crippen LogP contribution in [-0.4, -0.2) is 35.7 Å². The molecule has 0 spiro atoms. The fourth-order valence-electron chi connectivity index (χ4n) is 4.13. The summed E-state index contributed by atoms with van der Waals surface area (Å²) in [5.74, 6) is 0.152. The van der Waals surface area contributed by atoms with Crippen LogP contribution >= 0.6 is 0 Å². The Bertz CT molecular complexity index is 1420. The van der Waals surface area contributed by atoms with E-state index in [0.29, 0.717) is 35.3 Å². The van der Waals surface area contributed by atoms with Gasteiger partial charge in [-0.2, -0.15) is 0 Å². The highest BCUT2D eigenvalue weighted by atomic mass is 32.2. The van der Waals surface area contributed by atoms with E-state index in [4.69, 9.17) is 15.5 Å². The van der Waals surface area contributed by atoms with Gasteiger partial charge in [0, 0.05) is 6.61 Å². The van der Waals surface area contributed by atoms with Gasteiger partial charge >= 0.3 is 0 Å². The summed E-state index contributed by atoms with van der Waals surface area (Å²) in [6.07, 6.45) is 1.86. The van der Waals surface area contributed by atoms with Crippen LogP contribution < -0.4 is 5.73 Å². The Labute approximate surface area is 180 Å². The van der Waals surface area contributed by atoms with E-state index in [1.165, 1.54) is 0 Å². The predicted molar refractivity (Wildman–Crippen MR) is 120 cm³/mol. The molecule has 2 aromatic carbocycles. The van der Waals surface area contributed by atoms with Gasteiger partial charge < -0.3 is 15.0 Å². The van der Waals surface area contributed by atoms with Crippen LogP contribution in [0.3, 0.4) is 0 Å². The Morgan fingerprint density at radius 1 is 1.10 bits per heavy atom. The molecule has 1 aliphatic rings. The fourth-order valence-corrected chi connectivity index (χ4v) is 5.72. The molecule has 0 aliphatic carbocycles. The highest BCUT2D eigenvalue weighted by molar-refractivity contribution is 7.92. The van der Waals surface area contributed by atoms with E-state index in [1.807, 2.05) is 44.2 Å². The highest BCUT2D eigenvalue weighted by Gasteiger charge is 2.31. The molecule has 1 unspecified atom stereocenters. The second kappa shape index (κ2) is 7.32. The van der Waals surface area contributed by atoms with Crippen LogP contribution in [0.1, 0.15) is 24.0 Å². The van der Waals surface area contributed by atoms with Gasteiger partial charge in [0.05, 0.1) is 28.6 Å². The van der Waals surface area contributed by atoms with E-state index in [1.54, 1.807) is 16.7 Å². The number of para-hydroxylation sites is 2. The molecular weight excluding hydrogens is 412 g/mol. The molecule has 0 radical (unpaired) electrons. The van der Waals surface area contributed by atoms with Gasteiger partial charge in [-0.05, 0) is 62.1 Å². The summed E-state index contributed by atoms with van der Waals surface area (Å²) in [5, 5.41) is 0. The molecule has 2 N–H and O–H groups in total. The van der Waals surface area contributed by atoms with E-state index in [0.717, 1.165) is 24.0 Å². The van der Waals surface area contributed by atoms with Crippen molar-refractivity contribution in [3.8, 4) is 0 Å². The summed E-state index contributed by atoms with van der Waals surface area (Å²) in [7, 11) is -3.91. The van der Waals surface area contributed by atoms with Crippen molar-refractivity contribution in [3.05, 3.63) is 53.6 Å². The van der Waals surface area contributed by atoms with Crippen molar-refractivity contribution in [3.63, 3.8) is 0 Å². The zero-order valence-electron chi connectivity index (χ0n) is 17.5. The first-order valence-corrected chi connectivity index (χ1v) is 11.8. The molecule has 7 nitrogen and oxygen atoms in total. The standard InChI is InChI=1S/C23H24N4O3S/c1-14-9-10-17(12-15(14)2)31(28,29)21-20-23(26-19-8-4-3-7-18(19)25-20)27(22(21)24)13-16-6-5-11-30-16/h3-4,7-10,12,16H,5-6,11,13,24H2,1-2H3. The number of fused-ring (bicyclic) bond motifs is 2. The molecule has 1 saturated heterocycles. The molecule has 1 fully saturated rings. The van der Waals surface area contributed by atoms with Crippen LogP contribution in [0.2, 0.25) is 0 Å². The fraction of sp³-hybridized carbons (Fsp3) is 0.304. The molecule has 2 aromatic heterocycles. The molecule has 3 heterocycles. The van der Waals surface area contributed by atoms with Gasteiger partial charge in [-0.25, -0.2) is 18.4 Å². The quantitative estimate of drug-likeness (QED) is 0.522. The molecule has 0 saturated carbocycles. The number of nitrogens with zero attached hydrogens (tertiary/aromatic N) is 3. The summed E-state index contributed by atoms with van der Waals surface area (Å²) in [4.78, 5) is 9.64. The number of hydrogen-bond acceptors (Lipinski definition) is 6. The molecule has 0 amide bonds. The lowest BCUT2D eigenvalue weighted by atomic mass is 10.1. The molecule has 31 heavy (non-hydrogen) atoms. The third-order valence-electron chi connectivity index (χ3n) is 6.01. The minimum Gasteiger partial charge on any atom is -0.384 e. The summed E-state index contributed by atoms with van der Waals surface area (Å²) < 4.78 is 35.0. The van der Waals surface area contributed by atoms with Gasteiger partial charge in [-0.3, -0.25) is 0 Å². The van der Waals surface area contributed by atoms with Crippen molar-refractivity contribution < 1.29 is 13.2 Å². The number of hydrogen-bond donors (Lipinski definition) is 1. The molecule has 1 atom stereocenters. The average Bonchev–Trinajstić information content (AvgIpc) is 3.35. The largest absolute Gasteiger partial charge is 0.384 e. The summed E-state index contributed by atoms with van der Waals surface area (Å²) >= 11 is 0. The maximum absolute atomic E-state index is 13.7.